The smallest absolute Gasteiger partial charge is 0.340 e. The molecular formula is C15H18ClNO3S. The van der Waals surface area contributed by atoms with Gasteiger partial charge in [0.05, 0.1) is 28.5 Å². The Balaban J connectivity index is 1.68. The average Bonchev–Trinajstić information content (AvgIpc) is 2.89. The zero-order valence-electron chi connectivity index (χ0n) is 11.6. The normalized spacial score (nSPS) is 28.7. The quantitative estimate of drug-likeness (QED) is 0.668. The van der Waals surface area contributed by atoms with Gasteiger partial charge in [-0.05, 0) is 24.3 Å². The predicted octanol–water partition coefficient (Wildman–Crippen LogP) is 3.13. The van der Waals surface area contributed by atoms with Gasteiger partial charge in [0.25, 0.3) is 0 Å². The molecule has 21 heavy (non-hydrogen) atoms. The number of nitrogens with two attached hydrogens (primary N) is 1. The summed E-state index contributed by atoms with van der Waals surface area (Å²) in [7, 11) is 0. The SMILES string of the molecule is Nc1c(Cl)cccc1C(=O)OC1CCOC2(CCSC2)C1. The van der Waals surface area contributed by atoms with Gasteiger partial charge in [0.2, 0.25) is 0 Å². The summed E-state index contributed by atoms with van der Waals surface area (Å²) in [6.45, 7) is 0.642. The molecule has 0 saturated carbocycles. The second-order valence-electron chi connectivity index (χ2n) is 5.56. The van der Waals surface area contributed by atoms with Crippen LogP contribution in [0.1, 0.15) is 29.6 Å². The number of carbonyl (C=O) groups excluding carboxylic acids is 1. The topological polar surface area (TPSA) is 61.6 Å². The summed E-state index contributed by atoms with van der Waals surface area (Å²) in [5, 5.41) is 0.375. The number of benzene rings is 1. The van der Waals surface area contributed by atoms with E-state index in [1.807, 2.05) is 11.8 Å². The van der Waals surface area contributed by atoms with E-state index in [9.17, 15) is 4.79 Å². The van der Waals surface area contributed by atoms with Crippen LogP contribution in [0.5, 0.6) is 0 Å². The van der Waals surface area contributed by atoms with Crippen LogP contribution in [0.4, 0.5) is 5.69 Å². The summed E-state index contributed by atoms with van der Waals surface area (Å²) in [5.74, 6) is 1.70. The largest absolute Gasteiger partial charge is 0.459 e. The Labute approximate surface area is 133 Å². The van der Waals surface area contributed by atoms with Crippen LogP contribution in [0.3, 0.4) is 0 Å². The standard InChI is InChI=1S/C15H18ClNO3S/c16-12-3-1-2-11(13(12)17)14(18)20-10-4-6-19-15(8-10)5-7-21-9-15/h1-3,10H,4-9,17H2. The molecule has 0 aliphatic carbocycles. The Morgan fingerprint density at radius 3 is 3.14 bits per heavy atom. The highest BCUT2D eigenvalue weighted by Gasteiger charge is 2.41. The zero-order valence-corrected chi connectivity index (χ0v) is 13.2. The zero-order chi connectivity index (χ0) is 14.9. The molecule has 0 amide bonds. The van der Waals surface area contributed by atoms with Gasteiger partial charge in [-0.25, -0.2) is 4.79 Å². The van der Waals surface area contributed by atoms with Gasteiger partial charge in [-0.1, -0.05) is 17.7 Å². The molecule has 1 spiro atoms. The third-order valence-electron chi connectivity index (χ3n) is 4.06. The molecule has 1 aromatic carbocycles. The van der Waals surface area contributed by atoms with Gasteiger partial charge < -0.3 is 15.2 Å². The number of para-hydroxylation sites is 1. The lowest BCUT2D eigenvalue weighted by Gasteiger charge is -2.37. The number of ether oxygens (including phenoxy) is 2. The molecule has 3 rings (SSSR count). The van der Waals surface area contributed by atoms with Gasteiger partial charge in [0.1, 0.15) is 6.10 Å². The van der Waals surface area contributed by atoms with Crippen LogP contribution in [0.25, 0.3) is 0 Å². The van der Waals surface area contributed by atoms with Gasteiger partial charge >= 0.3 is 5.97 Å². The van der Waals surface area contributed by atoms with Crippen molar-refractivity contribution in [2.24, 2.45) is 0 Å². The van der Waals surface area contributed by atoms with Crippen LogP contribution in [0.2, 0.25) is 5.02 Å². The van der Waals surface area contributed by atoms with Crippen molar-refractivity contribution in [3.63, 3.8) is 0 Å². The van der Waals surface area contributed by atoms with Gasteiger partial charge in [-0.2, -0.15) is 11.8 Å². The maximum atomic E-state index is 12.3. The highest BCUT2D eigenvalue weighted by atomic mass is 35.5. The Kier molecular flexibility index (Phi) is 4.33. The molecule has 1 aromatic rings. The van der Waals surface area contributed by atoms with E-state index < -0.39 is 5.97 Å². The lowest BCUT2D eigenvalue weighted by Crippen LogP contribution is -2.43. The van der Waals surface area contributed by atoms with Crippen molar-refractivity contribution in [1.29, 1.82) is 0 Å². The third kappa shape index (κ3) is 3.15. The number of anilines is 1. The summed E-state index contributed by atoms with van der Waals surface area (Å²) in [4.78, 5) is 12.3. The monoisotopic (exact) mass is 327 g/mol. The predicted molar refractivity (Wildman–Crippen MR) is 84.9 cm³/mol. The molecule has 2 unspecified atom stereocenters. The first-order chi connectivity index (χ1) is 10.1. The van der Waals surface area contributed by atoms with Crippen LogP contribution in [-0.4, -0.2) is 35.8 Å². The molecule has 2 heterocycles. The minimum atomic E-state index is -0.400. The highest BCUT2D eigenvalue weighted by Crippen LogP contribution is 2.39. The second-order valence-corrected chi connectivity index (χ2v) is 7.07. The van der Waals surface area contributed by atoms with E-state index in [-0.39, 0.29) is 17.4 Å². The summed E-state index contributed by atoms with van der Waals surface area (Å²) >= 11 is 7.84. The molecule has 2 fully saturated rings. The fourth-order valence-electron chi connectivity index (χ4n) is 2.88. The fourth-order valence-corrected chi connectivity index (χ4v) is 4.43. The molecule has 2 N–H and O–H groups in total. The molecule has 6 heteroatoms. The fraction of sp³-hybridized carbons (Fsp3) is 0.533. The molecule has 0 aromatic heterocycles. The molecule has 4 nitrogen and oxygen atoms in total. The van der Waals surface area contributed by atoms with Crippen molar-refractivity contribution in [2.45, 2.75) is 31.0 Å². The lowest BCUT2D eigenvalue weighted by atomic mass is 9.91. The van der Waals surface area contributed by atoms with E-state index in [4.69, 9.17) is 26.8 Å². The Morgan fingerprint density at radius 1 is 1.52 bits per heavy atom. The summed E-state index contributed by atoms with van der Waals surface area (Å²) in [6, 6.07) is 5.01. The second kappa shape index (κ2) is 6.07. The van der Waals surface area contributed by atoms with Crippen molar-refractivity contribution in [2.75, 3.05) is 23.8 Å². The third-order valence-corrected chi connectivity index (χ3v) is 5.61. The highest BCUT2D eigenvalue weighted by molar-refractivity contribution is 7.99. The maximum Gasteiger partial charge on any atom is 0.340 e. The minimum absolute atomic E-state index is 0.103. The molecule has 2 saturated heterocycles. The number of nitrogen functional groups attached to an aromatic ring is 1. The summed E-state index contributed by atoms with van der Waals surface area (Å²) < 4.78 is 11.6. The first-order valence-electron chi connectivity index (χ1n) is 7.06. The first-order valence-corrected chi connectivity index (χ1v) is 8.60. The number of halogens is 1. The van der Waals surface area contributed by atoms with Gasteiger partial charge in [-0.3, -0.25) is 0 Å². The van der Waals surface area contributed by atoms with Crippen LogP contribution in [0.15, 0.2) is 18.2 Å². The van der Waals surface area contributed by atoms with Crippen LogP contribution >= 0.6 is 23.4 Å². The molecule has 114 valence electrons. The molecule has 0 bridgehead atoms. The molecule has 0 radical (unpaired) electrons. The molecule has 2 aliphatic heterocycles. The molecule has 2 aliphatic rings. The first kappa shape index (κ1) is 15.0. The van der Waals surface area contributed by atoms with E-state index in [1.165, 1.54) is 0 Å². The number of carbonyl (C=O) groups is 1. The minimum Gasteiger partial charge on any atom is -0.459 e. The Bertz CT molecular complexity index is 546. The summed E-state index contributed by atoms with van der Waals surface area (Å²) in [5.41, 5.74) is 6.36. The van der Waals surface area contributed by atoms with Crippen molar-refractivity contribution in [3.8, 4) is 0 Å². The van der Waals surface area contributed by atoms with Crippen molar-refractivity contribution in [3.05, 3.63) is 28.8 Å². The van der Waals surface area contributed by atoms with Crippen LogP contribution in [-0.2, 0) is 9.47 Å². The number of hydrogen-bond acceptors (Lipinski definition) is 5. The Morgan fingerprint density at radius 2 is 2.38 bits per heavy atom. The molecular weight excluding hydrogens is 310 g/mol. The van der Waals surface area contributed by atoms with Crippen molar-refractivity contribution >= 4 is 35.0 Å². The number of thioether (sulfide) groups is 1. The average molecular weight is 328 g/mol. The van der Waals surface area contributed by atoms with Crippen molar-refractivity contribution in [1.82, 2.24) is 0 Å². The number of hydrogen-bond donors (Lipinski definition) is 1. The van der Waals surface area contributed by atoms with Gasteiger partial charge in [-0.15, -0.1) is 0 Å². The van der Waals surface area contributed by atoms with E-state index >= 15 is 0 Å². The van der Waals surface area contributed by atoms with Crippen molar-refractivity contribution < 1.29 is 14.3 Å². The number of esters is 1. The lowest BCUT2D eigenvalue weighted by molar-refractivity contribution is -0.106. The van der Waals surface area contributed by atoms with E-state index in [0.717, 1.165) is 30.8 Å². The maximum absolute atomic E-state index is 12.3. The van der Waals surface area contributed by atoms with E-state index in [1.54, 1.807) is 18.2 Å². The number of rotatable bonds is 2. The Hall–Kier alpha value is -0.910. The van der Waals surface area contributed by atoms with Crippen LogP contribution in [0, 0.1) is 0 Å². The van der Waals surface area contributed by atoms with Gasteiger partial charge in [0.15, 0.2) is 0 Å². The molecule has 2 atom stereocenters. The van der Waals surface area contributed by atoms with Crippen LogP contribution < -0.4 is 5.73 Å². The van der Waals surface area contributed by atoms with E-state index in [0.29, 0.717) is 17.2 Å². The van der Waals surface area contributed by atoms with E-state index in [2.05, 4.69) is 0 Å². The van der Waals surface area contributed by atoms with Gasteiger partial charge in [0, 0.05) is 18.6 Å². The summed E-state index contributed by atoms with van der Waals surface area (Å²) in [6.07, 6.45) is 2.43.